The minimum absolute atomic E-state index is 0.201. The van der Waals surface area contributed by atoms with Gasteiger partial charge in [-0.05, 0) is 25.7 Å². The molecule has 116 valence electrons. The maximum atomic E-state index is 10.4. The first-order valence-electron chi connectivity index (χ1n) is 7.16. The van der Waals surface area contributed by atoms with Crippen LogP contribution in [0.25, 0.3) is 0 Å². The molecule has 2 aliphatic heterocycles. The molecule has 2 rings (SSSR count). The summed E-state index contributed by atoms with van der Waals surface area (Å²) >= 11 is 0. The molecular formula is C14H24O6. The van der Waals surface area contributed by atoms with E-state index in [4.69, 9.17) is 19.7 Å². The Hall–Kier alpha value is -1.14. The summed E-state index contributed by atoms with van der Waals surface area (Å²) in [5, 5.41) is 17.2. The maximum absolute atomic E-state index is 10.4. The molecule has 0 aromatic carbocycles. The molecule has 0 aromatic heterocycles. The fraction of sp³-hybridized carbons (Fsp3) is 0.857. The van der Waals surface area contributed by atoms with Crippen LogP contribution in [0, 0.1) is 11.8 Å². The monoisotopic (exact) mass is 288 g/mol. The Morgan fingerprint density at radius 3 is 1.40 bits per heavy atom. The number of aliphatic carboxylic acids is 2. The van der Waals surface area contributed by atoms with Crippen molar-refractivity contribution in [1.82, 2.24) is 0 Å². The third kappa shape index (κ3) is 6.86. The zero-order valence-electron chi connectivity index (χ0n) is 12.1. The zero-order valence-corrected chi connectivity index (χ0v) is 12.1. The van der Waals surface area contributed by atoms with Gasteiger partial charge in [-0.25, -0.2) is 0 Å². The third-order valence-electron chi connectivity index (χ3n) is 3.58. The lowest BCUT2D eigenvalue weighted by Crippen LogP contribution is -2.14. The number of rotatable bonds is 8. The van der Waals surface area contributed by atoms with Crippen molar-refractivity contribution in [2.45, 2.75) is 51.7 Å². The van der Waals surface area contributed by atoms with Gasteiger partial charge in [0.15, 0.2) is 0 Å². The van der Waals surface area contributed by atoms with Gasteiger partial charge in [0.1, 0.15) is 0 Å². The molecule has 4 atom stereocenters. The van der Waals surface area contributed by atoms with Gasteiger partial charge in [0.25, 0.3) is 0 Å². The van der Waals surface area contributed by atoms with Gasteiger partial charge in [-0.15, -0.1) is 0 Å². The van der Waals surface area contributed by atoms with Crippen molar-refractivity contribution in [1.29, 1.82) is 0 Å². The quantitative estimate of drug-likeness (QED) is 0.660. The summed E-state index contributed by atoms with van der Waals surface area (Å²) < 4.78 is 9.86. The summed E-state index contributed by atoms with van der Waals surface area (Å²) in [5.41, 5.74) is 0. The highest BCUT2D eigenvalue weighted by Gasteiger charge is 2.29. The molecule has 0 aliphatic carbocycles. The van der Waals surface area contributed by atoms with Crippen LogP contribution in [0.1, 0.15) is 39.5 Å². The van der Waals surface area contributed by atoms with Crippen molar-refractivity contribution < 1.29 is 29.3 Å². The van der Waals surface area contributed by atoms with Crippen molar-refractivity contribution in [3.63, 3.8) is 0 Å². The Labute approximate surface area is 119 Å². The highest BCUT2D eigenvalue weighted by molar-refractivity contribution is 5.70. The van der Waals surface area contributed by atoms with E-state index in [0.717, 1.165) is 13.2 Å². The summed E-state index contributed by atoms with van der Waals surface area (Å²) in [5.74, 6) is -1.80. The van der Waals surface area contributed by atoms with Crippen molar-refractivity contribution >= 4 is 11.9 Å². The highest BCUT2D eigenvalue weighted by atomic mass is 16.6. The van der Waals surface area contributed by atoms with Gasteiger partial charge >= 0.3 is 11.9 Å². The summed E-state index contributed by atoms with van der Waals surface area (Å²) in [6.07, 6.45) is 3.25. The molecule has 6 nitrogen and oxygen atoms in total. The largest absolute Gasteiger partial charge is 0.481 e. The fourth-order valence-electron chi connectivity index (χ4n) is 1.93. The van der Waals surface area contributed by atoms with E-state index < -0.39 is 11.9 Å². The Kier molecular flexibility index (Phi) is 6.95. The van der Waals surface area contributed by atoms with E-state index in [-0.39, 0.29) is 24.0 Å². The van der Waals surface area contributed by atoms with E-state index in [9.17, 15) is 9.59 Å². The van der Waals surface area contributed by atoms with E-state index >= 15 is 0 Å². The molecule has 0 radical (unpaired) electrons. The second-order valence-corrected chi connectivity index (χ2v) is 5.27. The lowest BCUT2D eigenvalue weighted by Gasteiger charge is -2.05. The number of ether oxygens (including phenoxy) is 2. The maximum Gasteiger partial charge on any atom is 0.306 e. The molecule has 2 aliphatic rings. The Balaban J connectivity index is 0.000000200. The summed E-state index contributed by atoms with van der Waals surface area (Å²) in [6, 6.07) is 0. The van der Waals surface area contributed by atoms with Crippen molar-refractivity contribution in [3.05, 3.63) is 0 Å². The summed E-state index contributed by atoms with van der Waals surface area (Å²) in [4.78, 5) is 20.9. The van der Waals surface area contributed by atoms with Gasteiger partial charge in [0, 0.05) is 0 Å². The first-order valence-corrected chi connectivity index (χ1v) is 7.16. The van der Waals surface area contributed by atoms with Gasteiger partial charge in [-0.2, -0.15) is 0 Å². The van der Waals surface area contributed by atoms with Crippen LogP contribution in [0.2, 0.25) is 0 Å². The second-order valence-electron chi connectivity index (χ2n) is 5.27. The number of hydrogen-bond acceptors (Lipinski definition) is 4. The minimum atomic E-state index is -0.696. The number of carbonyl (C=O) groups is 2. The van der Waals surface area contributed by atoms with E-state index in [1.807, 2.05) is 13.8 Å². The third-order valence-corrected chi connectivity index (χ3v) is 3.58. The van der Waals surface area contributed by atoms with E-state index in [1.54, 1.807) is 0 Å². The van der Waals surface area contributed by atoms with E-state index in [1.165, 1.54) is 0 Å². The molecule has 6 heteroatoms. The predicted octanol–water partition coefficient (Wildman–Crippen LogP) is 1.77. The van der Waals surface area contributed by atoms with Crippen LogP contribution in [-0.2, 0) is 19.1 Å². The topological polar surface area (TPSA) is 99.7 Å². The SMILES string of the molecule is CCC(CC1CO1)C(=O)O.CC[C@H](CC1CO1)C(=O)O. The molecular weight excluding hydrogens is 264 g/mol. The Morgan fingerprint density at radius 2 is 1.25 bits per heavy atom. The lowest BCUT2D eigenvalue weighted by molar-refractivity contribution is -0.143. The number of epoxide rings is 2. The molecule has 0 amide bonds. The molecule has 2 N–H and O–H groups in total. The number of carboxylic acid groups (broad SMARTS) is 2. The van der Waals surface area contributed by atoms with Crippen molar-refractivity contribution in [3.8, 4) is 0 Å². The van der Waals surface area contributed by atoms with Crippen LogP contribution in [0.3, 0.4) is 0 Å². The zero-order chi connectivity index (χ0) is 15.1. The van der Waals surface area contributed by atoms with E-state index in [0.29, 0.717) is 25.7 Å². The highest BCUT2D eigenvalue weighted by Crippen LogP contribution is 2.22. The lowest BCUT2D eigenvalue weighted by atomic mass is 10.0. The van der Waals surface area contributed by atoms with Crippen LogP contribution in [0.4, 0.5) is 0 Å². The minimum Gasteiger partial charge on any atom is -0.481 e. The molecule has 0 spiro atoms. The molecule has 0 aromatic rings. The van der Waals surface area contributed by atoms with Crippen molar-refractivity contribution in [2.24, 2.45) is 11.8 Å². The average molecular weight is 288 g/mol. The van der Waals surface area contributed by atoms with Gasteiger partial charge in [-0.3, -0.25) is 9.59 Å². The number of carboxylic acids is 2. The molecule has 2 fully saturated rings. The van der Waals surface area contributed by atoms with Gasteiger partial charge < -0.3 is 19.7 Å². The smallest absolute Gasteiger partial charge is 0.306 e. The van der Waals surface area contributed by atoms with Crippen LogP contribution in [-0.4, -0.2) is 47.6 Å². The molecule has 2 heterocycles. The molecule has 0 bridgehead atoms. The molecule has 3 unspecified atom stereocenters. The predicted molar refractivity (Wildman–Crippen MR) is 71.5 cm³/mol. The molecule has 2 saturated heterocycles. The van der Waals surface area contributed by atoms with Crippen molar-refractivity contribution in [2.75, 3.05) is 13.2 Å². The van der Waals surface area contributed by atoms with Crippen LogP contribution >= 0.6 is 0 Å². The first-order chi connectivity index (χ1) is 9.47. The summed E-state index contributed by atoms with van der Waals surface area (Å²) in [7, 11) is 0. The molecule has 20 heavy (non-hydrogen) atoms. The Bertz CT molecular complexity index is 290. The van der Waals surface area contributed by atoms with Crippen LogP contribution in [0.5, 0.6) is 0 Å². The van der Waals surface area contributed by atoms with Gasteiger partial charge in [0.2, 0.25) is 0 Å². The fourth-order valence-corrected chi connectivity index (χ4v) is 1.93. The first kappa shape index (κ1) is 16.9. The van der Waals surface area contributed by atoms with Gasteiger partial charge in [-0.1, -0.05) is 13.8 Å². The second kappa shape index (κ2) is 8.21. The standard InChI is InChI=1S/2C7H12O3/c2*1-2-5(7(8)9)3-6-4-10-6/h2*5-6H,2-4H2,1H3,(H,8,9)/t5-,6?;/m1./s1. The number of hydrogen-bond donors (Lipinski definition) is 2. The summed E-state index contributed by atoms with van der Waals surface area (Å²) in [6.45, 7) is 5.29. The average Bonchev–Trinajstić information content (AvgIpc) is 3.27. The molecule has 0 saturated carbocycles. The Morgan fingerprint density at radius 1 is 0.950 bits per heavy atom. The van der Waals surface area contributed by atoms with E-state index in [2.05, 4.69) is 0 Å². The normalized spacial score (nSPS) is 25.9. The van der Waals surface area contributed by atoms with Crippen LogP contribution in [0.15, 0.2) is 0 Å². The van der Waals surface area contributed by atoms with Gasteiger partial charge in [0.05, 0.1) is 37.3 Å². The van der Waals surface area contributed by atoms with Crippen LogP contribution < -0.4 is 0 Å².